The molecule has 1 saturated heterocycles. The largest absolute Gasteiger partial charge is 0.508 e. The average Bonchev–Trinajstić information content (AvgIpc) is 2.87. The Kier molecular flexibility index (Phi) is 5.91. The van der Waals surface area contributed by atoms with Crippen molar-refractivity contribution in [2.75, 3.05) is 5.32 Å². The van der Waals surface area contributed by atoms with Crippen molar-refractivity contribution in [1.82, 2.24) is 10.4 Å². The van der Waals surface area contributed by atoms with Crippen molar-refractivity contribution in [3.05, 3.63) is 63.0 Å². The van der Waals surface area contributed by atoms with Crippen LogP contribution in [0.3, 0.4) is 0 Å². The molecular formula is C17H11Cl2N3O3S2. The van der Waals surface area contributed by atoms with E-state index in [2.05, 4.69) is 10.7 Å². The van der Waals surface area contributed by atoms with Crippen LogP contribution in [0.25, 0.3) is 6.08 Å². The van der Waals surface area contributed by atoms with Gasteiger partial charge in [0.05, 0.1) is 15.0 Å². The van der Waals surface area contributed by atoms with Crippen molar-refractivity contribution < 1.29 is 14.7 Å². The maximum Gasteiger partial charge on any atom is 0.338 e. The number of thiocarbonyl (C=S) groups is 1. The van der Waals surface area contributed by atoms with Gasteiger partial charge in [-0.1, -0.05) is 47.1 Å². The Hall–Kier alpha value is -2.26. The van der Waals surface area contributed by atoms with Crippen molar-refractivity contribution in [3.63, 3.8) is 0 Å². The highest BCUT2D eigenvalue weighted by atomic mass is 35.5. The van der Waals surface area contributed by atoms with E-state index in [-0.39, 0.29) is 15.1 Å². The molecular weight excluding hydrogens is 429 g/mol. The number of urea groups is 1. The minimum absolute atomic E-state index is 0.125. The molecule has 0 saturated carbocycles. The highest BCUT2D eigenvalue weighted by Gasteiger charge is 2.33. The monoisotopic (exact) mass is 439 g/mol. The van der Waals surface area contributed by atoms with Gasteiger partial charge < -0.3 is 10.4 Å². The summed E-state index contributed by atoms with van der Waals surface area (Å²) in [7, 11) is 0. The van der Waals surface area contributed by atoms with Gasteiger partial charge in [-0.25, -0.2) is 10.2 Å². The van der Waals surface area contributed by atoms with Crippen LogP contribution in [0.15, 0.2) is 47.4 Å². The summed E-state index contributed by atoms with van der Waals surface area (Å²) in [6.45, 7) is 0. The molecule has 3 amide bonds. The predicted molar refractivity (Wildman–Crippen MR) is 112 cm³/mol. The van der Waals surface area contributed by atoms with E-state index in [1.54, 1.807) is 30.3 Å². The quantitative estimate of drug-likeness (QED) is 0.479. The normalized spacial score (nSPS) is 15.3. The number of phenols is 1. The fraction of sp³-hybridized carbons (Fsp3) is 0. The lowest BCUT2D eigenvalue weighted by atomic mass is 10.2. The van der Waals surface area contributed by atoms with E-state index in [1.807, 2.05) is 0 Å². The Morgan fingerprint density at radius 2 is 1.85 bits per heavy atom. The Morgan fingerprint density at radius 3 is 2.52 bits per heavy atom. The van der Waals surface area contributed by atoms with Gasteiger partial charge in [0.15, 0.2) is 4.32 Å². The highest BCUT2D eigenvalue weighted by Crippen LogP contribution is 2.31. The number of carbonyl (C=O) groups excluding carboxylic acids is 2. The van der Waals surface area contributed by atoms with Crippen LogP contribution in [0, 0.1) is 0 Å². The molecule has 0 spiro atoms. The van der Waals surface area contributed by atoms with Crippen LogP contribution in [0.1, 0.15) is 5.56 Å². The van der Waals surface area contributed by atoms with Crippen LogP contribution >= 0.6 is 47.2 Å². The molecule has 0 bridgehead atoms. The molecule has 0 aromatic heterocycles. The highest BCUT2D eigenvalue weighted by molar-refractivity contribution is 8.26. The van der Waals surface area contributed by atoms with Gasteiger partial charge in [-0.3, -0.25) is 4.79 Å². The van der Waals surface area contributed by atoms with Crippen LogP contribution in [-0.2, 0) is 4.79 Å². The van der Waals surface area contributed by atoms with Crippen LogP contribution < -0.4 is 10.7 Å². The molecule has 3 N–H and O–H groups in total. The van der Waals surface area contributed by atoms with Gasteiger partial charge in [0.25, 0.3) is 5.91 Å². The van der Waals surface area contributed by atoms with Crippen molar-refractivity contribution >= 4 is 75.2 Å². The molecule has 1 aliphatic rings. The van der Waals surface area contributed by atoms with E-state index >= 15 is 0 Å². The maximum absolute atomic E-state index is 12.5. The Balaban J connectivity index is 1.68. The van der Waals surface area contributed by atoms with Gasteiger partial charge in [0.1, 0.15) is 5.75 Å². The molecule has 138 valence electrons. The molecule has 2 aromatic carbocycles. The number of hydrogen-bond donors (Lipinski definition) is 3. The summed E-state index contributed by atoms with van der Waals surface area (Å²) in [6.07, 6.45) is 1.62. The third kappa shape index (κ3) is 4.72. The van der Waals surface area contributed by atoms with Crippen LogP contribution in [0.2, 0.25) is 10.0 Å². The van der Waals surface area contributed by atoms with Crippen LogP contribution in [0.4, 0.5) is 10.5 Å². The SMILES string of the molecule is O=C(Nc1ccc(Cl)c(Cl)c1)NN1C(=O)/C(=C\c2ccc(O)cc2)SC1=S. The third-order valence-corrected chi connectivity index (χ3v) is 5.42. The average molecular weight is 440 g/mol. The predicted octanol–water partition coefficient (Wildman–Crippen LogP) is 4.64. The molecule has 10 heteroatoms. The first-order chi connectivity index (χ1) is 12.8. The first kappa shape index (κ1) is 19.5. The number of anilines is 1. The second-order valence-corrected chi connectivity index (χ2v) is 7.79. The fourth-order valence-electron chi connectivity index (χ4n) is 2.12. The van der Waals surface area contributed by atoms with Crippen molar-refractivity contribution in [2.45, 2.75) is 0 Å². The zero-order chi connectivity index (χ0) is 19.6. The van der Waals surface area contributed by atoms with Gasteiger partial charge in [0.2, 0.25) is 0 Å². The number of carbonyl (C=O) groups is 2. The number of thioether (sulfide) groups is 1. The zero-order valence-electron chi connectivity index (χ0n) is 13.4. The summed E-state index contributed by atoms with van der Waals surface area (Å²) in [6, 6.07) is 10.3. The number of phenolic OH excluding ortho intramolecular Hbond substituents is 1. The lowest BCUT2D eigenvalue weighted by Crippen LogP contribution is -2.46. The summed E-state index contributed by atoms with van der Waals surface area (Å²) >= 11 is 18.0. The number of rotatable bonds is 3. The number of aromatic hydroxyl groups is 1. The van der Waals surface area contributed by atoms with E-state index in [0.717, 1.165) is 16.8 Å². The molecule has 27 heavy (non-hydrogen) atoms. The lowest BCUT2D eigenvalue weighted by molar-refractivity contribution is -0.123. The van der Waals surface area contributed by atoms with Gasteiger partial charge in [-0.2, -0.15) is 5.01 Å². The minimum Gasteiger partial charge on any atom is -0.508 e. The standard InChI is InChI=1S/C17H11Cl2N3O3S2/c18-12-6-3-10(8-13(12)19)20-16(25)21-22-15(24)14(27-17(22)26)7-9-1-4-11(23)5-2-9/h1-8,23H,(H2,20,21,25)/b14-7+. The maximum atomic E-state index is 12.5. The van der Waals surface area contributed by atoms with Gasteiger partial charge in [-0.15, -0.1) is 0 Å². The van der Waals surface area contributed by atoms with E-state index in [0.29, 0.717) is 21.2 Å². The molecule has 0 radical (unpaired) electrons. The summed E-state index contributed by atoms with van der Waals surface area (Å²) in [5.41, 5.74) is 3.53. The molecule has 0 atom stereocenters. The Bertz CT molecular complexity index is 964. The summed E-state index contributed by atoms with van der Waals surface area (Å²) in [5, 5.41) is 13.5. The molecule has 3 rings (SSSR count). The summed E-state index contributed by atoms with van der Waals surface area (Å²) in [4.78, 5) is 25.0. The van der Waals surface area contributed by atoms with Crippen LogP contribution in [-0.4, -0.2) is 26.4 Å². The second-order valence-electron chi connectivity index (χ2n) is 5.30. The zero-order valence-corrected chi connectivity index (χ0v) is 16.5. The smallest absolute Gasteiger partial charge is 0.338 e. The van der Waals surface area contributed by atoms with Gasteiger partial charge in [0, 0.05) is 5.69 Å². The van der Waals surface area contributed by atoms with E-state index in [1.165, 1.54) is 18.2 Å². The summed E-state index contributed by atoms with van der Waals surface area (Å²) < 4.78 is 0.189. The first-order valence-electron chi connectivity index (χ1n) is 7.43. The Labute approximate surface area is 174 Å². The fourth-order valence-corrected chi connectivity index (χ4v) is 3.60. The van der Waals surface area contributed by atoms with E-state index in [4.69, 9.17) is 35.4 Å². The molecule has 1 aliphatic heterocycles. The first-order valence-corrected chi connectivity index (χ1v) is 9.41. The van der Waals surface area contributed by atoms with E-state index < -0.39 is 11.9 Å². The number of amides is 3. The summed E-state index contributed by atoms with van der Waals surface area (Å²) in [5.74, 6) is -0.331. The van der Waals surface area contributed by atoms with Gasteiger partial charge in [-0.05, 0) is 54.2 Å². The number of hydrazine groups is 1. The number of hydrogen-bond acceptors (Lipinski definition) is 5. The second kappa shape index (κ2) is 8.18. The minimum atomic E-state index is -0.657. The number of nitrogens with zero attached hydrogens (tertiary/aromatic N) is 1. The van der Waals surface area contributed by atoms with Crippen molar-refractivity contribution in [1.29, 1.82) is 0 Å². The molecule has 0 aliphatic carbocycles. The number of halogens is 2. The van der Waals surface area contributed by atoms with Crippen molar-refractivity contribution in [2.24, 2.45) is 0 Å². The Morgan fingerprint density at radius 1 is 1.15 bits per heavy atom. The third-order valence-electron chi connectivity index (χ3n) is 3.38. The lowest BCUT2D eigenvalue weighted by Gasteiger charge is -2.16. The van der Waals surface area contributed by atoms with Gasteiger partial charge >= 0.3 is 6.03 Å². The number of nitrogens with one attached hydrogen (secondary N) is 2. The molecule has 6 nitrogen and oxygen atoms in total. The van der Waals surface area contributed by atoms with E-state index in [9.17, 15) is 14.7 Å². The topological polar surface area (TPSA) is 81.7 Å². The molecule has 1 heterocycles. The van der Waals surface area contributed by atoms with Crippen LogP contribution in [0.5, 0.6) is 5.75 Å². The molecule has 2 aromatic rings. The number of benzene rings is 2. The van der Waals surface area contributed by atoms with Crippen molar-refractivity contribution in [3.8, 4) is 5.75 Å². The molecule has 0 unspecified atom stereocenters. The molecule has 1 fully saturated rings.